The predicted molar refractivity (Wildman–Crippen MR) is 77.7 cm³/mol. The minimum absolute atomic E-state index is 0.0695. The first-order valence-electron chi connectivity index (χ1n) is 6.39. The van der Waals surface area contributed by atoms with Crippen LogP contribution in [0.2, 0.25) is 0 Å². The van der Waals surface area contributed by atoms with E-state index in [0.717, 1.165) is 18.8 Å². The summed E-state index contributed by atoms with van der Waals surface area (Å²) in [6, 6.07) is 13.9. The Hall–Kier alpha value is -2.16. The van der Waals surface area contributed by atoms with Crippen molar-refractivity contribution in [1.82, 2.24) is 4.98 Å². The summed E-state index contributed by atoms with van der Waals surface area (Å²) >= 11 is 0. The van der Waals surface area contributed by atoms with Crippen LogP contribution in [0, 0.1) is 0 Å². The molecule has 1 aromatic carbocycles. The Balaban J connectivity index is 2.02. The van der Waals surface area contributed by atoms with Gasteiger partial charge in [0.15, 0.2) is 5.78 Å². The van der Waals surface area contributed by atoms with Crippen molar-refractivity contribution in [2.75, 3.05) is 18.5 Å². The van der Waals surface area contributed by atoms with Gasteiger partial charge in [0.2, 0.25) is 0 Å². The maximum atomic E-state index is 11.4. The van der Waals surface area contributed by atoms with Gasteiger partial charge in [0.25, 0.3) is 0 Å². The molecule has 2 rings (SSSR count). The van der Waals surface area contributed by atoms with E-state index in [1.165, 1.54) is 5.56 Å². The van der Waals surface area contributed by atoms with E-state index in [0.29, 0.717) is 5.56 Å². The average molecular weight is 254 g/mol. The lowest BCUT2D eigenvalue weighted by molar-refractivity contribution is 0.101. The monoisotopic (exact) mass is 254 g/mol. The molecular weight excluding hydrogens is 236 g/mol. The standard InChI is InChI=1S/C16H18N2O/c1-13(19)15-8-10-17-16(12-15)18(2)11-9-14-6-4-3-5-7-14/h3-8,10,12H,9,11H2,1-2H3. The van der Waals surface area contributed by atoms with E-state index in [-0.39, 0.29) is 5.78 Å². The van der Waals surface area contributed by atoms with Gasteiger partial charge in [0, 0.05) is 25.4 Å². The summed E-state index contributed by atoms with van der Waals surface area (Å²) in [5.41, 5.74) is 2.01. The molecule has 0 aliphatic carbocycles. The van der Waals surface area contributed by atoms with Gasteiger partial charge in [-0.25, -0.2) is 4.98 Å². The first-order valence-corrected chi connectivity index (χ1v) is 6.39. The summed E-state index contributed by atoms with van der Waals surface area (Å²) in [5, 5.41) is 0. The number of Topliss-reactive ketones (excluding diaryl/α,β-unsaturated/α-hetero) is 1. The molecule has 0 spiro atoms. The molecule has 0 saturated heterocycles. The third-order valence-corrected chi connectivity index (χ3v) is 3.12. The largest absolute Gasteiger partial charge is 0.359 e. The molecule has 3 heteroatoms. The van der Waals surface area contributed by atoms with Crippen molar-refractivity contribution >= 4 is 11.6 Å². The third-order valence-electron chi connectivity index (χ3n) is 3.12. The van der Waals surface area contributed by atoms with Gasteiger partial charge in [0.05, 0.1) is 0 Å². The number of pyridine rings is 1. The molecule has 98 valence electrons. The van der Waals surface area contributed by atoms with Gasteiger partial charge in [0.1, 0.15) is 5.82 Å². The van der Waals surface area contributed by atoms with E-state index in [2.05, 4.69) is 22.0 Å². The predicted octanol–water partition coefficient (Wildman–Crippen LogP) is 2.96. The van der Waals surface area contributed by atoms with E-state index >= 15 is 0 Å². The van der Waals surface area contributed by atoms with E-state index < -0.39 is 0 Å². The number of hydrogen-bond acceptors (Lipinski definition) is 3. The molecule has 0 aliphatic heterocycles. The van der Waals surface area contributed by atoms with Crippen molar-refractivity contribution in [3.05, 3.63) is 59.8 Å². The van der Waals surface area contributed by atoms with Crippen molar-refractivity contribution in [2.45, 2.75) is 13.3 Å². The van der Waals surface area contributed by atoms with Crippen LogP contribution in [0.25, 0.3) is 0 Å². The SMILES string of the molecule is CC(=O)c1ccnc(N(C)CCc2ccccc2)c1. The summed E-state index contributed by atoms with van der Waals surface area (Å²) in [5.74, 6) is 0.906. The summed E-state index contributed by atoms with van der Waals surface area (Å²) in [6.07, 6.45) is 2.65. The maximum absolute atomic E-state index is 11.4. The number of rotatable bonds is 5. The van der Waals surface area contributed by atoms with Crippen LogP contribution in [-0.4, -0.2) is 24.4 Å². The Morgan fingerprint density at radius 2 is 1.95 bits per heavy atom. The van der Waals surface area contributed by atoms with Gasteiger partial charge in [-0.1, -0.05) is 30.3 Å². The first-order chi connectivity index (χ1) is 9.16. The molecule has 0 unspecified atom stereocenters. The summed E-state index contributed by atoms with van der Waals surface area (Å²) < 4.78 is 0. The number of nitrogens with zero attached hydrogens (tertiary/aromatic N) is 2. The van der Waals surface area contributed by atoms with Crippen LogP contribution in [0.1, 0.15) is 22.8 Å². The number of likely N-dealkylation sites (N-methyl/N-ethyl adjacent to an activating group) is 1. The van der Waals surface area contributed by atoms with Gasteiger partial charge < -0.3 is 4.90 Å². The van der Waals surface area contributed by atoms with Crippen LogP contribution in [-0.2, 0) is 6.42 Å². The zero-order valence-electron chi connectivity index (χ0n) is 11.3. The average Bonchev–Trinajstić information content (AvgIpc) is 2.46. The van der Waals surface area contributed by atoms with Gasteiger partial charge >= 0.3 is 0 Å². The topological polar surface area (TPSA) is 33.2 Å². The highest BCUT2D eigenvalue weighted by Crippen LogP contribution is 2.12. The molecule has 0 fully saturated rings. The van der Waals surface area contributed by atoms with Crippen LogP contribution in [0.3, 0.4) is 0 Å². The van der Waals surface area contributed by atoms with E-state index in [1.807, 2.05) is 31.3 Å². The summed E-state index contributed by atoms with van der Waals surface area (Å²) in [7, 11) is 2.00. The minimum atomic E-state index is 0.0695. The van der Waals surface area contributed by atoms with Crippen molar-refractivity contribution in [2.24, 2.45) is 0 Å². The van der Waals surface area contributed by atoms with Crippen LogP contribution in [0.15, 0.2) is 48.7 Å². The molecule has 0 amide bonds. The molecule has 19 heavy (non-hydrogen) atoms. The second-order valence-electron chi connectivity index (χ2n) is 4.62. The third kappa shape index (κ3) is 3.65. The van der Waals surface area contributed by atoms with Crippen molar-refractivity contribution in [3.8, 4) is 0 Å². The van der Waals surface area contributed by atoms with Crippen LogP contribution >= 0.6 is 0 Å². The smallest absolute Gasteiger partial charge is 0.159 e. The molecule has 1 aromatic heterocycles. The number of carbonyl (C=O) groups is 1. The highest BCUT2D eigenvalue weighted by molar-refractivity contribution is 5.94. The van der Waals surface area contributed by atoms with Gasteiger partial charge in [-0.15, -0.1) is 0 Å². The number of hydrogen-bond donors (Lipinski definition) is 0. The zero-order chi connectivity index (χ0) is 13.7. The normalized spacial score (nSPS) is 10.2. The second kappa shape index (κ2) is 6.14. The number of benzene rings is 1. The molecule has 0 bridgehead atoms. The van der Waals surface area contributed by atoms with Crippen LogP contribution in [0.5, 0.6) is 0 Å². The minimum Gasteiger partial charge on any atom is -0.359 e. The van der Waals surface area contributed by atoms with E-state index in [9.17, 15) is 4.79 Å². The molecule has 0 aliphatic rings. The van der Waals surface area contributed by atoms with Crippen molar-refractivity contribution < 1.29 is 4.79 Å². The Bertz CT molecular complexity index is 552. The lowest BCUT2D eigenvalue weighted by Crippen LogP contribution is -2.21. The Labute approximate surface area is 113 Å². The lowest BCUT2D eigenvalue weighted by atomic mass is 10.1. The molecule has 3 nitrogen and oxygen atoms in total. The molecule has 0 atom stereocenters. The Morgan fingerprint density at radius 1 is 1.21 bits per heavy atom. The number of carbonyl (C=O) groups excluding carboxylic acids is 1. The fourth-order valence-corrected chi connectivity index (χ4v) is 1.90. The van der Waals surface area contributed by atoms with Crippen LogP contribution in [0.4, 0.5) is 5.82 Å². The molecule has 2 aromatic rings. The molecule has 0 saturated carbocycles. The van der Waals surface area contributed by atoms with E-state index in [4.69, 9.17) is 0 Å². The molecular formula is C16H18N2O. The fraction of sp³-hybridized carbons (Fsp3) is 0.250. The highest BCUT2D eigenvalue weighted by atomic mass is 16.1. The Morgan fingerprint density at radius 3 is 2.63 bits per heavy atom. The van der Waals surface area contributed by atoms with Gasteiger partial charge in [-0.05, 0) is 31.0 Å². The van der Waals surface area contributed by atoms with Crippen molar-refractivity contribution in [3.63, 3.8) is 0 Å². The zero-order valence-corrected chi connectivity index (χ0v) is 11.3. The summed E-state index contributed by atoms with van der Waals surface area (Å²) in [6.45, 7) is 2.45. The number of anilines is 1. The lowest BCUT2D eigenvalue weighted by Gasteiger charge is -2.18. The summed E-state index contributed by atoms with van der Waals surface area (Å²) in [4.78, 5) is 17.7. The molecule has 1 heterocycles. The van der Waals surface area contributed by atoms with Gasteiger partial charge in [-0.2, -0.15) is 0 Å². The maximum Gasteiger partial charge on any atom is 0.159 e. The number of ketones is 1. The molecule has 0 radical (unpaired) electrons. The quantitative estimate of drug-likeness (QED) is 0.769. The van der Waals surface area contributed by atoms with Crippen LogP contribution < -0.4 is 4.90 Å². The molecule has 0 N–H and O–H groups in total. The van der Waals surface area contributed by atoms with Crippen molar-refractivity contribution in [1.29, 1.82) is 0 Å². The first kappa shape index (κ1) is 13.3. The van der Waals surface area contributed by atoms with E-state index in [1.54, 1.807) is 19.2 Å². The fourth-order valence-electron chi connectivity index (χ4n) is 1.90. The Kier molecular flexibility index (Phi) is 4.29. The number of aromatic nitrogens is 1. The van der Waals surface area contributed by atoms with Gasteiger partial charge in [-0.3, -0.25) is 4.79 Å². The highest BCUT2D eigenvalue weighted by Gasteiger charge is 2.06. The second-order valence-corrected chi connectivity index (χ2v) is 4.62.